The standard InChI is InChI=1S/C71H98N20O19S3/c1-9-34(4)56(81-37(7)93)66(106)87-50-31-113-112-30-49(65(105)90-57(36(6)92)68(108)109)86-60(100)44(18-14-22-76-70(73)74)82-62(102)47(24-39-27-75-32-79-39)83-58(98)35(5)80-53(95)28-78-59(99)46(23-38-26-77-43-17-12-10-15-40(38)43)84-63(103)48(25-54(96)97)85-61(101)45(20-21-52(72)94)88-69(110)71(8,42-29-111-51-19-13-11-16-41(42)51)91-67(107)55(33(2)3)89-64(50)104/h10-13,15-17,19,26-27,29,32-36,44-50,55-57,77,92H,9,14,18,20-25,28,30-31H2,1-8H3,(H2,72,94)(H,75,79)(H,78,99)(H,80,95)(H,81,93)(H,82,102)(H,83,98)(H,84,103)(H,85,101)(H,86,100)(H,87,106)(H,88,110)(H,89,104)(H,90,105)(H,91,107)(H,96,97)(H,108,109)(H4,73,74,76). The first kappa shape index (κ1) is 90.5. The summed E-state index contributed by atoms with van der Waals surface area (Å²) in [6.45, 7) is 10.7. The van der Waals surface area contributed by atoms with Crippen LogP contribution in [0.25, 0.3) is 21.0 Å². The number of nitrogens with one attached hydrogen (secondary N) is 5. The molecule has 3 aromatic heterocycles. The van der Waals surface area contributed by atoms with Gasteiger partial charge in [0.15, 0.2) is 29.3 Å². The fourth-order valence-corrected chi connectivity index (χ4v) is 14.4. The van der Waals surface area contributed by atoms with E-state index in [2.05, 4.69) is 85.2 Å². The van der Waals surface area contributed by atoms with Crippen LogP contribution in [0, 0.1) is 22.7 Å². The van der Waals surface area contributed by atoms with Gasteiger partial charge in [-0.05, 0) is 80.3 Å². The van der Waals surface area contributed by atoms with Gasteiger partial charge in [0.2, 0.25) is 70.8 Å². The number of aliphatic imine (C=N–C) groups is 13. The molecule has 5 aromatic rings. The zero-order valence-corrected chi connectivity index (χ0v) is 65.4. The molecule has 0 spiro atoms. The second-order valence-corrected chi connectivity index (χ2v) is 30.2. The summed E-state index contributed by atoms with van der Waals surface area (Å²) in [4.78, 5) is 90.7. The number of H-pyrrole nitrogens is 2. The van der Waals surface area contributed by atoms with Crippen molar-refractivity contribution in [3.05, 3.63) is 89.5 Å². The Labute approximate surface area is 660 Å². The van der Waals surface area contributed by atoms with Gasteiger partial charge < -0.3 is 108 Å². The van der Waals surface area contributed by atoms with E-state index < -0.39 is 228 Å². The minimum absolute atomic E-state index is 0.0204. The lowest BCUT2D eigenvalue weighted by Crippen LogP contribution is -2.38. The lowest BCUT2D eigenvalue weighted by atomic mass is 9.91. The maximum Gasteiger partial charge on any atom is 0.331 e. The van der Waals surface area contributed by atoms with E-state index in [0.717, 1.165) is 28.5 Å². The quantitative estimate of drug-likeness (QED) is 0.0118. The highest BCUT2D eigenvalue weighted by atomic mass is 33.1. The SMILES string of the molecule is CCC(C)C(N=C(C)O)C(O)=NC1CSSCC(C(O)=NC(C(=O)O)C(C)O)N=C(O)C(CCCNC(=N)N)N=C(O)C(Cc2cnc[nH]2)N=C(O)C(C)N=C(O)CN=C(O)C(Cc2c[nH]c3ccccc23)N=C(O)C(CC(=O)O)N=C(O)C(CCC(=N)O)N=C(O)C(C)(c2csc3ccccc23)N=C(O)C(C(C)C)N=C1O. The molecule has 0 radical (unpaired) electrons. The second kappa shape index (κ2) is 42.9. The number of aliphatic carboxylic acids is 2. The number of aliphatic hydroxyl groups is 15. The zero-order chi connectivity index (χ0) is 83.6. The van der Waals surface area contributed by atoms with Crippen LogP contribution >= 0.6 is 32.9 Å². The van der Waals surface area contributed by atoms with E-state index >= 15 is 0 Å². The van der Waals surface area contributed by atoms with Crippen molar-refractivity contribution < 1.29 is 96.4 Å². The Morgan fingerprint density at radius 3 is 1.96 bits per heavy atom. The summed E-state index contributed by atoms with van der Waals surface area (Å²) in [5.74, 6) is -18.5. The Bertz CT molecular complexity index is 4510. The van der Waals surface area contributed by atoms with Crippen LogP contribution in [-0.4, -0.2) is 299 Å². The third-order valence-corrected chi connectivity index (χ3v) is 20.8. The average molecular weight is 1630 g/mol. The van der Waals surface area contributed by atoms with Crippen LogP contribution in [0.3, 0.4) is 0 Å². The molecule has 0 amide bonds. The van der Waals surface area contributed by atoms with Crippen LogP contribution in [0.4, 0.5) is 0 Å². The number of para-hydroxylation sites is 1. The summed E-state index contributed by atoms with van der Waals surface area (Å²) < 4.78 is 0.635. The number of carboxylic acid groups (broad SMARTS) is 2. The molecule has 0 saturated heterocycles. The molecule has 614 valence electrons. The Hall–Kier alpha value is -11.4. The number of aliphatic hydroxyl groups excluding tert-OH is 15. The molecule has 14 atom stereocenters. The van der Waals surface area contributed by atoms with E-state index in [4.69, 9.17) is 16.6 Å². The number of nitrogens with two attached hydrogens (primary N) is 1. The lowest BCUT2D eigenvalue weighted by Gasteiger charge is -2.27. The van der Waals surface area contributed by atoms with Gasteiger partial charge in [0.25, 0.3) is 0 Å². The summed E-state index contributed by atoms with van der Waals surface area (Å²) in [5.41, 5.74) is 4.89. The van der Waals surface area contributed by atoms with E-state index in [1.807, 2.05) is 0 Å². The third-order valence-electron chi connectivity index (χ3n) is 17.5. The molecule has 2 aromatic carbocycles. The number of hydrogen-bond donors (Lipinski definition) is 23. The number of fused-ring (bicyclic) bond motifs is 2. The smallest absolute Gasteiger partial charge is 0.331 e. The molecular formula is C71H98N20O19S3. The number of aromatic nitrogens is 3. The van der Waals surface area contributed by atoms with Gasteiger partial charge in [-0.25, -0.2) is 74.7 Å². The van der Waals surface area contributed by atoms with Crippen LogP contribution in [0.15, 0.2) is 138 Å². The molecule has 1 aliphatic rings. The first-order chi connectivity index (χ1) is 53.4. The van der Waals surface area contributed by atoms with E-state index in [0.29, 0.717) is 38.7 Å². The highest BCUT2D eigenvalue weighted by Gasteiger charge is 2.40. The molecule has 14 unspecified atom stereocenters. The topological polar surface area (TPSA) is 669 Å². The van der Waals surface area contributed by atoms with Crippen molar-refractivity contribution in [1.82, 2.24) is 20.3 Å². The molecule has 1 aliphatic heterocycles. The van der Waals surface area contributed by atoms with E-state index in [9.17, 15) is 96.4 Å². The highest BCUT2D eigenvalue weighted by Crippen LogP contribution is 2.38. The average Bonchev–Trinajstić information content (AvgIpc) is 1.66. The Kier molecular flexibility index (Phi) is 34.3. The van der Waals surface area contributed by atoms with Gasteiger partial charge in [-0.1, -0.05) is 92.1 Å². The number of thiophene rings is 1. The third kappa shape index (κ3) is 26.9. The van der Waals surface area contributed by atoms with Gasteiger partial charge in [-0.3, -0.25) is 15.6 Å². The maximum atomic E-state index is 12.7. The highest BCUT2D eigenvalue weighted by molar-refractivity contribution is 8.76. The molecule has 0 saturated carbocycles. The fourth-order valence-electron chi connectivity index (χ4n) is 11.1. The van der Waals surface area contributed by atoms with Crippen LogP contribution in [-0.2, 0) is 28.0 Å². The number of carbonyl (C=O) groups is 2. The summed E-state index contributed by atoms with van der Waals surface area (Å²) >= 11 is 1.19. The Balaban J connectivity index is 1.67. The largest absolute Gasteiger partial charge is 0.497 e. The van der Waals surface area contributed by atoms with Gasteiger partial charge in [0.1, 0.15) is 67.0 Å². The lowest BCUT2D eigenvalue weighted by molar-refractivity contribution is -0.141. The van der Waals surface area contributed by atoms with Gasteiger partial charge >= 0.3 is 11.9 Å². The summed E-state index contributed by atoms with van der Waals surface area (Å²) in [6.07, 6.45) is -0.194. The summed E-state index contributed by atoms with van der Waals surface area (Å²) in [6, 6.07) is -4.72. The van der Waals surface area contributed by atoms with Gasteiger partial charge in [0, 0.05) is 83.5 Å². The molecule has 0 fully saturated rings. The summed E-state index contributed by atoms with van der Waals surface area (Å²) in [7, 11) is 1.70. The Morgan fingerprint density at radius 1 is 0.708 bits per heavy atom. The van der Waals surface area contributed by atoms with Crippen LogP contribution in [0.2, 0.25) is 0 Å². The van der Waals surface area contributed by atoms with Crippen LogP contribution < -0.4 is 11.1 Å². The van der Waals surface area contributed by atoms with Crippen molar-refractivity contribution in [2.75, 3.05) is 24.6 Å². The fraction of sp³-hybridized carbons (Fsp3) is 0.493. The molecule has 42 heteroatoms. The van der Waals surface area contributed by atoms with E-state index in [1.54, 1.807) is 87.8 Å². The monoisotopic (exact) mass is 1630 g/mol. The molecule has 39 nitrogen and oxygen atoms in total. The van der Waals surface area contributed by atoms with Crippen molar-refractivity contribution in [3.63, 3.8) is 0 Å². The van der Waals surface area contributed by atoms with Crippen molar-refractivity contribution >= 4 is 154 Å². The van der Waals surface area contributed by atoms with Crippen molar-refractivity contribution in [2.45, 2.75) is 185 Å². The van der Waals surface area contributed by atoms with Gasteiger partial charge in [0.05, 0.1) is 18.9 Å². The normalized spacial score (nSPS) is 24.0. The molecule has 113 heavy (non-hydrogen) atoms. The molecule has 6 rings (SSSR count). The van der Waals surface area contributed by atoms with Gasteiger partial charge in [-0.15, -0.1) is 11.3 Å². The zero-order valence-electron chi connectivity index (χ0n) is 63.0. The van der Waals surface area contributed by atoms with Crippen molar-refractivity contribution in [2.24, 2.45) is 82.5 Å². The van der Waals surface area contributed by atoms with Crippen LogP contribution in [0.1, 0.15) is 111 Å². The first-order valence-corrected chi connectivity index (χ1v) is 38.9. The predicted molar refractivity (Wildman–Crippen MR) is 442 cm³/mol. The number of imidazole rings is 1. The minimum Gasteiger partial charge on any atom is -0.497 e. The molecular weight excluding hydrogens is 1530 g/mol. The first-order valence-electron chi connectivity index (χ1n) is 35.5. The summed E-state index contributed by atoms with van der Waals surface area (Å²) in [5, 5.41) is 217. The van der Waals surface area contributed by atoms with Gasteiger partial charge in [-0.2, -0.15) is 0 Å². The minimum atomic E-state index is -2.25. The molecule has 4 heterocycles. The number of carboxylic acids is 2. The van der Waals surface area contributed by atoms with Crippen molar-refractivity contribution in [1.29, 1.82) is 10.8 Å². The number of benzene rings is 2. The molecule has 0 aliphatic carbocycles. The van der Waals surface area contributed by atoms with Crippen molar-refractivity contribution in [3.8, 4) is 0 Å². The van der Waals surface area contributed by atoms with Crippen LogP contribution in [0.5, 0.6) is 0 Å². The molecule has 24 N–H and O–H groups in total. The maximum absolute atomic E-state index is 12.7. The number of hydrogen-bond acceptors (Lipinski definition) is 22. The Morgan fingerprint density at radius 2 is 1.33 bits per heavy atom. The molecule has 0 bridgehead atoms. The second-order valence-electron chi connectivity index (χ2n) is 26.7. The number of aromatic amines is 2. The predicted octanol–water partition coefficient (Wildman–Crippen LogP) is 8.95. The number of rotatable bonds is 24. The van der Waals surface area contributed by atoms with E-state index in [-0.39, 0.29) is 37.8 Å². The van der Waals surface area contributed by atoms with E-state index in [1.165, 1.54) is 44.6 Å². The number of guanidine groups is 1. The number of nitrogens with zero attached hydrogens (tertiary/aromatic N) is 14.